The van der Waals surface area contributed by atoms with Crippen molar-refractivity contribution in [2.24, 2.45) is 7.05 Å². The lowest BCUT2D eigenvalue weighted by atomic mass is 10.0. The highest BCUT2D eigenvalue weighted by Gasteiger charge is 2.15. The zero-order chi connectivity index (χ0) is 13.8. The van der Waals surface area contributed by atoms with Gasteiger partial charge in [-0.05, 0) is 30.7 Å². The van der Waals surface area contributed by atoms with Crippen LogP contribution in [0.1, 0.15) is 24.1 Å². The zero-order valence-electron chi connectivity index (χ0n) is 11.0. The molecule has 0 bridgehead atoms. The Bertz CT molecular complexity index is 553. The summed E-state index contributed by atoms with van der Waals surface area (Å²) < 4.78 is 16.4. The number of benzene rings is 1. The number of aromatic nitrogens is 2. The summed E-state index contributed by atoms with van der Waals surface area (Å²) in [5.74, 6) is -0.179. The molecule has 0 amide bonds. The van der Waals surface area contributed by atoms with Crippen molar-refractivity contribution in [2.45, 2.75) is 19.4 Å². The Morgan fingerprint density at radius 3 is 2.84 bits per heavy atom. The summed E-state index contributed by atoms with van der Waals surface area (Å²) >= 11 is 3.27. The molecule has 0 spiro atoms. The van der Waals surface area contributed by atoms with Crippen LogP contribution in [0.4, 0.5) is 4.39 Å². The van der Waals surface area contributed by atoms with Crippen molar-refractivity contribution in [3.63, 3.8) is 0 Å². The van der Waals surface area contributed by atoms with E-state index < -0.39 is 0 Å². The molecule has 1 aromatic heterocycles. The van der Waals surface area contributed by atoms with E-state index in [9.17, 15) is 4.39 Å². The quantitative estimate of drug-likeness (QED) is 0.914. The lowest BCUT2D eigenvalue weighted by Gasteiger charge is -2.17. The molecule has 1 heterocycles. The molecule has 1 unspecified atom stereocenters. The first-order valence-corrected chi connectivity index (χ1v) is 7.05. The first-order chi connectivity index (χ1) is 9.10. The van der Waals surface area contributed by atoms with Gasteiger partial charge in [0.15, 0.2) is 0 Å². The van der Waals surface area contributed by atoms with E-state index in [2.05, 4.69) is 26.3 Å². The van der Waals surface area contributed by atoms with Crippen LogP contribution in [-0.2, 0) is 13.5 Å². The van der Waals surface area contributed by atoms with Crippen molar-refractivity contribution in [3.05, 3.63) is 52.0 Å². The molecular formula is C14H17BrFN3. The second kappa shape index (κ2) is 6.30. The van der Waals surface area contributed by atoms with E-state index in [4.69, 9.17) is 0 Å². The van der Waals surface area contributed by atoms with E-state index in [-0.39, 0.29) is 11.9 Å². The number of aryl methyl sites for hydroxylation is 1. The van der Waals surface area contributed by atoms with Gasteiger partial charge in [0.2, 0.25) is 0 Å². The Labute approximate surface area is 121 Å². The van der Waals surface area contributed by atoms with Crippen LogP contribution in [0, 0.1) is 5.82 Å². The van der Waals surface area contributed by atoms with Crippen LogP contribution in [0.15, 0.2) is 35.1 Å². The highest BCUT2D eigenvalue weighted by atomic mass is 79.9. The van der Waals surface area contributed by atoms with Crippen LogP contribution in [0.2, 0.25) is 0 Å². The van der Waals surface area contributed by atoms with Gasteiger partial charge < -0.3 is 5.32 Å². The zero-order valence-corrected chi connectivity index (χ0v) is 12.6. The van der Waals surface area contributed by atoms with E-state index in [0.29, 0.717) is 12.0 Å². The highest BCUT2D eigenvalue weighted by molar-refractivity contribution is 9.10. The smallest absolute Gasteiger partial charge is 0.127 e. The van der Waals surface area contributed by atoms with Crippen LogP contribution < -0.4 is 5.32 Å². The van der Waals surface area contributed by atoms with Crippen molar-refractivity contribution in [2.75, 3.05) is 6.54 Å². The van der Waals surface area contributed by atoms with E-state index in [1.807, 2.05) is 38.5 Å². The summed E-state index contributed by atoms with van der Waals surface area (Å²) in [6.45, 7) is 2.87. The third-order valence-electron chi connectivity index (χ3n) is 3.02. The first-order valence-electron chi connectivity index (χ1n) is 6.26. The molecule has 1 aromatic carbocycles. The molecule has 0 aliphatic carbocycles. The van der Waals surface area contributed by atoms with E-state index in [1.165, 1.54) is 6.07 Å². The number of rotatable bonds is 5. The summed E-state index contributed by atoms with van der Waals surface area (Å²) in [5.41, 5.74) is 1.78. The molecule has 0 saturated carbocycles. The van der Waals surface area contributed by atoms with Crippen LogP contribution in [0.25, 0.3) is 0 Å². The highest BCUT2D eigenvalue weighted by Crippen LogP contribution is 2.22. The molecule has 0 fully saturated rings. The Morgan fingerprint density at radius 2 is 2.26 bits per heavy atom. The summed E-state index contributed by atoms with van der Waals surface area (Å²) in [7, 11) is 1.88. The van der Waals surface area contributed by atoms with Crippen LogP contribution >= 0.6 is 15.9 Å². The number of nitrogens with zero attached hydrogens (tertiary/aromatic N) is 2. The van der Waals surface area contributed by atoms with Crippen molar-refractivity contribution >= 4 is 15.9 Å². The number of hydrogen-bond donors (Lipinski definition) is 1. The maximum Gasteiger partial charge on any atom is 0.127 e. The van der Waals surface area contributed by atoms with E-state index >= 15 is 0 Å². The van der Waals surface area contributed by atoms with Gasteiger partial charge in [0.1, 0.15) is 5.82 Å². The Balaban J connectivity index is 2.21. The fraction of sp³-hybridized carbons (Fsp3) is 0.357. The van der Waals surface area contributed by atoms with Crippen molar-refractivity contribution in [1.29, 1.82) is 0 Å². The molecule has 0 aliphatic rings. The molecular weight excluding hydrogens is 309 g/mol. The molecule has 0 aliphatic heterocycles. The normalized spacial score (nSPS) is 12.6. The number of likely N-dealkylation sites (N-methyl/N-ethyl adjacent to an activating group) is 1. The maximum absolute atomic E-state index is 13.9. The Kier molecular flexibility index (Phi) is 4.71. The lowest BCUT2D eigenvalue weighted by Crippen LogP contribution is -2.23. The van der Waals surface area contributed by atoms with E-state index in [1.54, 1.807) is 4.68 Å². The maximum atomic E-state index is 13.9. The Morgan fingerprint density at radius 1 is 1.47 bits per heavy atom. The molecule has 3 nitrogen and oxygen atoms in total. The van der Waals surface area contributed by atoms with Crippen LogP contribution in [0.5, 0.6) is 0 Å². The lowest BCUT2D eigenvalue weighted by molar-refractivity contribution is 0.527. The van der Waals surface area contributed by atoms with Gasteiger partial charge in [0, 0.05) is 29.3 Å². The second-order valence-corrected chi connectivity index (χ2v) is 5.41. The third kappa shape index (κ3) is 3.64. The third-order valence-corrected chi connectivity index (χ3v) is 3.51. The largest absolute Gasteiger partial charge is 0.310 e. The van der Waals surface area contributed by atoms with Crippen LogP contribution in [-0.4, -0.2) is 16.3 Å². The molecule has 19 heavy (non-hydrogen) atoms. The number of nitrogens with one attached hydrogen (secondary N) is 1. The number of hydrogen-bond acceptors (Lipinski definition) is 2. The Hall–Kier alpha value is -1.20. The molecule has 5 heteroatoms. The first kappa shape index (κ1) is 14.2. The molecule has 2 aromatic rings. The molecule has 102 valence electrons. The van der Waals surface area contributed by atoms with Gasteiger partial charge in [-0.15, -0.1) is 0 Å². The van der Waals surface area contributed by atoms with Gasteiger partial charge in [-0.2, -0.15) is 5.10 Å². The van der Waals surface area contributed by atoms with Crippen LogP contribution in [0.3, 0.4) is 0 Å². The summed E-state index contributed by atoms with van der Waals surface area (Å²) in [6, 6.07) is 5.27. The number of halogens is 2. The van der Waals surface area contributed by atoms with Gasteiger partial charge >= 0.3 is 0 Å². The minimum absolute atomic E-state index is 0.0781. The standard InChI is InChI=1S/C14H17BrFN3/c1-3-17-14(11-8-18-19(2)9-11)6-10-4-5-12(15)7-13(10)16/h4-5,7-9,14,17H,3,6H2,1-2H3. The van der Waals surface area contributed by atoms with Gasteiger partial charge in [0.25, 0.3) is 0 Å². The topological polar surface area (TPSA) is 29.9 Å². The minimum Gasteiger partial charge on any atom is -0.310 e. The van der Waals surface area contributed by atoms with Crippen molar-refractivity contribution in [3.8, 4) is 0 Å². The fourth-order valence-corrected chi connectivity index (χ4v) is 2.41. The second-order valence-electron chi connectivity index (χ2n) is 4.50. The average Bonchev–Trinajstić information content (AvgIpc) is 2.78. The minimum atomic E-state index is -0.179. The molecule has 1 atom stereocenters. The van der Waals surface area contributed by atoms with Gasteiger partial charge in [-0.3, -0.25) is 4.68 Å². The average molecular weight is 326 g/mol. The van der Waals surface area contributed by atoms with Gasteiger partial charge in [-0.25, -0.2) is 4.39 Å². The molecule has 0 radical (unpaired) electrons. The molecule has 2 rings (SSSR count). The van der Waals surface area contributed by atoms with Gasteiger partial charge in [0.05, 0.1) is 6.20 Å². The molecule has 0 saturated heterocycles. The summed E-state index contributed by atoms with van der Waals surface area (Å²) in [6.07, 6.45) is 4.40. The van der Waals surface area contributed by atoms with Crippen molar-refractivity contribution < 1.29 is 4.39 Å². The SMILES string of the molecule is CCNC(Cc1ccc(Br)cc1F)c1cnn(C)c1. The summed E-state index contributed by atoms with van der Waals surface area (Å²) in [4.78, 5) is 0. The van der Waals surface area contributed by atoms with Crippen molar-refractivity contribution in [1.82, 2.24) is 15.1 Å². The predicted octanol–water partition coefficient (Wildman–Crippen LogP) is 3.22. The monoisotopic (exact) mass is 325 g/mol. The van der Waals surface area contributed by atoms with Gasteiger partial charge in [-0.1, -0.05) is 28.9 Å². The summed E-state index contributed by atoms with van der Waals surface area (Å²) in [5, 5.41) is 7.54. The fourth-order valence-electron chi connectivity index (χ4n) is 2.08. The van der Waals surface area contributed by atoms with E-state index in [0.717, 1.165) is 16.6 Å². The predicted molar refractivity (Wildman–Crippen MR) is 77.4 cm³/mol. The molecule has 1 N–H and O–H groups in total.